The third-order valence-electron chi connectivity index (χ3n) is 4.33. The molecule has 1 aliphatic carbocycles. The molecule has 0 heterocycles. The topological polar surface area (TPSA) is 66.5 Å². The van der Waals surface area contributed by atoms with Crippen LogP contribution in [0.4, 0.5) is 5.69 Å². The lowest BCUT2D eigenvalue weighted by Crippen LogP contribution is -2.36. The molecule has 0 radical (unpaired) electrons. The largest absolute Gasteiger partial charge is 0.349 e. The maximum absolute atomic E-state index is 12.5. The van der Waals surface area contributed by atoms with Crippen LogP contribution in [-0.2, 0) is 10.0 Å². The normalized spacial score (nSPS) is 16.3. The second-order valence-electron chi connectivity index (χ2n) is 5.99. The second-order valence-corrected chi connectivity index (χ2v) is 8.00. The van der Waals surface area contributed by atoms with Gasteiger partial charge in [-0.1, -0.05) is 25.3 Å². The van der Waals surface area contributed by atoms with Gasteiger partial charge in [-0.15, -0.1) is 0 Å². The van der Waals surface area contributed by atoms with Crippen LogP contribution in [0.5, 0.6) is 0 Å². The molecular formula is C16H24N2O3S. The highest BCUT2D eigenvalue weighted by atomic mass is 32.2. The van der Waals surface area contributed by atoms with Gasteiger partial charge >= 0.3 is 0 Å². The van der Waals surface area contributed by atoms with Crippen molar-refractivity contribution in [1.29, 1.82) is 0 Å². The van der Waals surface area contributed by atoms with E-state index in [1.165, 1.54) is 17.8 Å². The van der Waals surface area contributed by atoms with E-state index in [0.717, 1.165) is 31.9 Å². The van der Waals surface area contributed by atoms with Crippen molar-refractivity contribution in [3.63, 3.8) is 0 Å². The van der Waals surface area contributed by atoms with Crippen LogP contribution in [0.1, 0.15) is 48.0 Å². The number of rotatable bonds is 4. The van der Waals surface area contributed by atoms with Gasteiger partial charge in [0, 0.05) is 18.7 Å². The van der Waals surface area contributed by atoms with Crippen LogP contribution in [0.3, 0.4) is 0 Å². The van der Waals surface area contributed by atoms with Crippen LogP contribution in [0.25, 0.3) is 0 Å². The summed E-state index contributed by atoms with van der Waals surface area (Å²) in [6.45, 7) is 1.78. The van der Waals surface area contributed by atoms with Crippen LogP contribution in [0.15, 0.2) is 18.2 Å². The quantitative estimate of drug-likeness (QED) is 0.925. The zero-order valence-corrected chi connectivity index (χ0v) is 14.2. The Morgan fingerprint density at radius 3 is 2.45 bits per heavy atom. The number of carbonyl (C=O) groups is 1. The van der Waals surface area contributed by atoms with Crippen molar-refractivity contribution in [2.45, 2.75) is 45.1 Å². The van der Waals surface area contributed by atoms with Crippen LogP contribution < -0.4 is 9.62 Å². The predicted octanol–water partition coefficient (Wildman–Crippen LogP) is 2.45. The fourth-order valence-electron chi connectivity index (χ4n) is 2.90. The Labute approximate surface area is 132 Å². The van der Waals surface area contributed by atoms with Crippen LogP contribution in [-0.4, -0.2) is 33.7 Å². The Kier molecular flexibility index (Phi) is 5.11. The van der Waals surface area contributed by atoms with Crippen molar-refractivity contribution >= 4 is 21.6 Å². The van der Waals surface area contributed by atoms with E-state index in [1.54, 1.807) is 25.1 Å². The van der Waals surface area contributed by atoms with E-state index in [4.69, 9.17) is 0 Å². The van der Waals surface area contributed by atoms with Gasteiger partial charge in [0.15, 0.2) is 0 Å². The number of hydrogen-bond acceptors (Lipinski definition) is 3. The van der Waals surface area contributed by atoms with Gasteiger partial charge in [-0.25, -0.2) is 8.42 Å². The standard InChI is InChI=1S/C16H24N2O3S/c1-12-14(16(19)17-13-8-5-4-6-9-13)10-7-11-15(12)18(2)22(3,20)21/h7,10-11,13H,4-6,8-9H2,1-3H3,(H,17,19). The molecule has 0 atom stereocenters. The van der Waals surface area contributed by atoms with Crippen molar-refractivity contribution in [3.05, 3.63) is 29.3 Å². The molecule has 0 bridgehead atoms. The number of sulfonamides is 1. The van der Waals surface area contributed by atoms with Crippen LogP contribution in [0.2, 0.25) is 0 Å². The maximum atomic E-state index is 12.5. The Bertz CT molecular complexity index is 649. The molecule has 5 nitrogen and oxygen atoms in total. The van der Waals surface area contributed by atoms with Gasteiger partial charge in [0.2, 0.25) is 10.0 Å². The number of hydrogen-bond donors (Lipinski definition) is 1. The third-order valence-corrected chi connectivity index (χ3v) is 5.52. The Hall–Kier alpha value is -1.56. The highest BCUT2D eigenvalue weighted by Crippen LogP contribution is 2.25. The zero-order valence-electron chi connectivity index (χ0n) is 13.4. The van der Waals surface area contributed by atoms with Crippen molar-refractivity contribution < 1.29 is 13.2 Å². The lowest BCUT2D eigenvalue weighted by molar-refractivity contribution is 0.0927. The summed E-state index contributed by atoms with van der Waals surface area (Å²) in [6.07, 6.45) is 6.74. The van der Waals surface area contributed by atoms with Gasteiger partial charge in [-0.2, -0.15) is 0 Å². The summed E-state index contributed by atoms with van der Waals surface area (Å²) in [6, 6.07) is 5.41. The maximum Gasteiger partial charge on any atom is 0.251 e. The van der Waals surface area contributed by atoms with Crippen molar-refractivity contribution in [2.75, 3.05) is 17.6 Å². The number of anilines is 1. The van der Waals surface area contributed by atoms with E-state index in [0.29, 0.717) is 16.8 Å². The average Bonchev–Trinajstić information content (AvgIpc) is 2.46. The smallest absolute Gasteiger partial charge is 0.251 e. The number of amides is 1. The summed E-state index contributed by atoms with van der Waals surface area (Å²) in [5.41, 5.74) is 1.76. The molecule has 1 saturated carbocycles. The molecule has 1 aromatic rings. The molecular weight excluding hydrogens is 300 g/mol. The lowest BCUT2D eigenvalue weighted by atomic mass is 9.95. The molecule has 0 spiro atoms. The minimum absolute atomic E-state index is 0.117. The van der Waals surface area contributed by atoms with Gasteiger partial charge in [0.25, 0.3) is 5.91 Å². The molecule has 1 amide bonds. The molecule has 0 saturated heterocycles. The monoisotopic (exact) mass is 324 g/mol. The fourth-order valence-corrected chi connectivity index (χ4v) is 3.45. The van der Waals surface area contributed by atoms with E-state index < -0.39 is 10.0 Å². The summed E-state index contributed by atoms with van der Waals surface area (Å²) in [7, 11) is -1.85. The summed E-state index contributed by atoms with van der Waals surface area (Å²) in [4.78, 5) is 12.5. The minimum atomic E-state index is -3.35. The van der Waals surface area contributed by atoms with Crippen LogP contribution >= 0.6 is 0 Å². The van der Waals surface area contributed by atoms with Gasteiger partial charge in [-0.05, 0) is 37.5 Å². The van der Waals surface area contributed by atoms with E-state index in [-0.39, 0.29) is 11.9 Å². The first-order chi connectivity index (χ1) is 10.3. The molecule has 22 heavy (non-hydrogen) atoms. The Morgan fingerprint density at radius 2 is 1.86 bits per heavy atom. The lowest BCUT2D eigenvalue weighted by Gasteiger charge is -2.24. The summed E-state index contributed by atoms with van der Waals surface area (Å²) in [5.74, 6) is -0.117. The van der Waals surface area contributed by atoms with Gasteiger partial charge in [0.05, 0.1) is 11.9 Å². The molecule has 1 aliphatic rings. The molecule has 0 aliphatic heterocycles. The number of carbonyl (C=O) groups excluding carboxylic acids is 1. The van der Waals surface area contributed by atoms with E-state index in [2.05, 4.69) is 5.32 Å². The highest BCUT2D eigenvalue weighted by Gasteiger charge is 2.21. The molecule has 1 N–H and O–H groups in total. The van der Waals surface area contributed by atoms with E-state index >= 15 is 0 Å². The van der Waals surface area contributed by atoms with E-state index in [9.17, 15) is 13.2 Å². The molecule has 1 aromatic carbocycles. The van der Waals surface area contributed by atoms with Gasteiger partial charge in [-0.3, -0.25) is 9.10 Å². The second kappa shape index (κ2) is 6.69. The minimum Gasteiger partial charge on any atom is -0.349 e. The van der Waals surface area contributed by atoms with Gasteiger partial charge in [0.1, 0.15) is 0 Å². The Balaban J connectivity index is 2.22. The molecule has 0 unspecified atom stereocenters. The number of benzene rings is 1. The van der Waals surface area contributed by atoms with Gasteiger partial charge < -0.3 is 5.32 Å². The van der Waals surface area contributed by atoms with E-state index in [1.807, 2.05) is 0 Å². The van der Waals surface area contributed by atoms with Crippen LogP contribution in [0, 0.1) is 6.92 Å². The first kappa shape index (κ1) is 16.8. The summed E-state index contributed by atoms with van der Waals surface area (Å²) < 4.78 is 24.6. The highest BCUT2D eigenvalue weighted by molar-refractivity contribution is 7.92. The fraction of sp³-hybridized carbons (Fsp3) is 0.562. The molecule has 1 fully saturated rings. The average molecular weight is 324 g/mol. The molecule has 2 rings (SSSR count). The molecule has 6 heteroatoms. The van der Waals surface area contributed by atoms with Crippen molar-refractivity contribution in [3.8, 4) is 0 Å². The summed E-state index contributed by atoms with van der Waals surface area (Å²) in [5, 5.41) is 3.07. The third kappa shape index (κ3) is 3.80. The number of nitrogens with zero attached hydrogens (tertiary/aromatic N) is 1. The first-order valence-corrected chi connectivity index (χ1v) is 9.50. The summed E-state index contributed by atoms with van der Waals surface area (Å²) >= 11 is 0. The van der Waals surface area contributed by atoms with Crippen molar-refractivity contribution in [1.82, 2.24) is 5.32 Å². The molecule has 122 valence electrons. The Morgan fingerprint density at radius 1 is 1.23 bits per heavy atom. The first-order valence-electron chi connectivity index (χ1n) is 7.65. The molecule has 0 aromatic heterocycles. The zero-order chi connectivity index (χ0) is 16.3. The van der Waals surface area contributed by atoms with Crippen molar-refractivity contribution in [2.24, 2.45) is 0 Å². The SMILES string of the molecule is Cc1c(C(=O)NC2CCCCC2)cccc1N(C)S(C)(=O)=O. The predicted molar refractivity (Wildman–Crippen MR) is 88.8 cm³/mol. The number of nitrogens with one attached hydrogen (secondary N) is 1.